The van der Waals surface area contributed by atoms with Gasteiger partial charge >= 0.3 is 0 Å². The van der Waals surface area contributed by atoms with Crippen LogP contribution in [0.15, 0.2) is 45.1 Å². The van der Waals surface area contributed by atoms with Crippen LogP contribution in [0.4, 0.5) is 5.69 Å². The summed E-state index contributed by atoms with van der Waals surface area (Å²) in [6.07, 6.45) is 0. The van der Waals surface area contributed by atoms with Crippen LogP contribution >= 0.6 is 22.9 Å². The molecule has 8 heteroatoms. The summed E-state index contributed by atoms with van der Waals surface area (Å²) in [6, 6.07) is 10.1. The number of anilines is 1. The maximum Gasteiger partial charge on any atom is 0.271 e. The molecule has 3 rings (SSSR count). The third-order valence-electron chi connectivity index (χ3n) is 3.16. The smallest absolute Gasteiger partial charge is 0.271 e. The zero-order valence-electron chi connectivity index (χ0n) is 12.3. The number of hydrogen-bond acceptors (Lipinski definition) is 5. The third kappa shape index (κ3) is 3.41. The lowest BCUT2D eigenvalue weighted by molar-refractivity contribution is 0.428. The Morgan fingerprint density at radius 1 is 1.17 bits per heavy atom. The molecule has 0 spiro atoms. The van der Waals surface area contributed by atoms with Crippen LogP contribution in [0.2, 0.25) is 5.02 Å². The van der Waals surface area contributed by atoms with Gasteiger partial charge in [0.25, 0.3) is 10.0 Å². The first kappa shape index (κ1) is 16.0. The summed E-state index contributed by atoms with van der Waals surface area (Å²) in [7, 11) is -3.69. The van der Waals surface area contributed by atoms with Crippen molar-refractivity contribution in [3.63, 3.8) is 0 Å². The summed E-state index contributed by atoms with van der Waals surface area (Å²) in [4.78, 5) is 0.703. The second kappa shape index (κ2) is 5.99. The molecule has 1 N–H and O–H groups in total. The molecular formula is C15H13ClN2O3S2. The van der Waals surface area contributed by atoms with Gasteiger partial charge in [0.2, 0.25) is 0 Å². The molecule has 0 aliphatic rings. The van der Waals surface area contributed by atoms with Crippen molar-refractivity contribution < 1.29 is 12.9 Å². The number of aromatic nitrogens is 1. The van der Waals surface area contributed by atoms with Crippen molar-refractivity contribution in [2.75, 3.05) is 4.72 Å². The summed E-state index contributed by atoms with van der Waals surface area (Å²) >= 11 is 7.04. The molecule has 2 aromatic heterocycles. The first-order valence-electron chi connectivity index (χ1n) is 6.68. The summed E-state index contributed by atoms with van der Waals surface area (Å²) in [6.45, 7) is 3.62. The van der Waals surface area contributed by atoms with Gasteiger partial charge < -0.3 is 4.52 Å². The van der Waals surface area contributed by atoms with E-state index in [2.05, 4.69) is 9.88 Å². The van der Waals surface area contributed by atoms with Gasteiger partial charge in [-0.2, -0.15) is 0 Å². The number of benzene rings is 1. The van der Waals surface area contributed by atoms with E-state index in [4.69, 9.17) is 16.1 Å². The number of hydrogen-bond donors (Lipinski definition) is 1. The molecule has 2 heterocycles. The Balaban J connectivity index is 1.91. The fraction of sp³-hybridized carbons (Fsp3) is 0.133. The number of aryl methyl sites for hydroxylation is 2. The molecule has 0 amide bonds. The molecule has 120 valence electrons. The largest absolute Gasteiger partial charge is 0.355 e. The van der Waals surface area contributed by atoms with Crippen LogP contribution in [0.25, 0.3) is 10.6 Å². The SMILES string of the molecule is Cc1cc(-c2ccc(S(=O)(=O)Nc3cc(Cl)ccc3C)s2)on1. The molecule has 5 nitrogen and oxygen atoms in total. The number of nitrogens with zero attached hydrogens (tertiary/aromatic N) is 1. The highest BCUT2D eigenvalue weighted by molar-refractivity contribution is 7.94. The minimum atomic E-state index is -3.69. The highest BCUT2D eigenvalue weighted by Crippen LogP contribution is 2.32. The summed E-state index contributed by atoms with van der Waals surface area (Å²) in [5.74, 6) is 0.549. The molecule has 0 aliphatic heterocycles. The molecule has 0 bridgehead atoms. The molecule has 23 heavy (non-hydrogen) atoms. The summed E-state index contributed by atoms with van der Waals surface area (Å²) in [5, 5.41) is 4.28. The van der Waals surface area contributed by atoms with Gasteiger partial charge in [-0.3, -0.25) is 4.72 Å². The number of halogens is 1. The number of thiophene rings is 1. The topological polar surface area (TPSA) is 72.2 Å². The van der Waals surface area contributed by atoms with Crippen molar-refractivity contribution in [2.24, 2.45) is 0 Å². The molecule has 1 aromatic carbocycles. The van der Waals surface area contributed by atoms with Gasteiger partial charge in [-0.1, -0.05) is 22.8 Å². The molecule has 0 radical (unpaired) electrons. The van der Waals surface area contributed by atoms with Crippen molar-refractivity contribution in [3.05, 3.63) is 52.7 Å². The number of nitrogens with one attached hydrogen (secondary N) is 1. The fourth-order valence-electron chi connectivity index (χ4n) is 1.98. The van der Waals surface area contributed by atoms with Crippen LogP contribution in [0.1, 0.15) is 11.3 Å². The minimum absolute atomic E-state index is 0.195. The zero-order valence-corrected chi connectivity index (χ0v) is 14.7. The normalized spacial score (nSPS) is 11.6. The van der Waals surface area contributed by atoms with Crippen molar-refractivity contribution >= 4 is 38.6 Å². The van der Waals surface area contributed by atoms with Crippen LogP contribution in [-0.2, 0) is 10.0 Å². The quantitative estimate of drug-likeness (QED) is 0.737. The number of rotatable bonds is 4. The van der Waals surface area contributed by atoms with E-state index in [-0.39, 0.29) is 4.21 Å². The van der Waals surface area contributed by atoms with Crippen LogP contribution in [-0.4, -0.2) is 13.6 Å². The minimum Gasteiger partial charge on any atom is -0.355 e. The molecule has 0 unspecified atom stereocenters. The van der Waals surface area contributed by atoms with E-state index in [1.807, 2.05) is 13.8 Å². The maximum atomic E-state index is 12.5. The Morgan fingerprint density at radius 3 is 2.65 bits per heavy atom. The van der Waals surface area contributed by atoms with Crippen molar-refractivity contribution in [1.82, 2.24) is 5.16 Å². The van der Waals surface area contributed by atoms with E-state index in [1.54, 1.807) is 36.4 Å². The van der Waals surface area contributed by atoms with E-state index < -0.39 is 10.0 Å². The molecule has 3 aromatic rings. The van der Waals surface area contributed by atoms with Crippen LogP contribution < -0.4 is 4.72 Å². The van der Waals surface area contributed by atoms with Crippen molar-refractivity contribution in [1.29, 1.82) is 0 Å². The lowest BCUT2D eigenvalue weighted by Gasteiger charge is -2.09. The van der Waals surface area contributed by atoms with Crippen LogP contribution in [0.5, 0.6) is 0 Å². The second-order valence-electron chi connectivity index (χ2n) is 5.02. The Kier molecular flexibility index (Phi) is 4.18. The van der Waals surface area contributed by atoms with Crippen molar-refractivity contribution in [2.45, 2.75) is 18.1 Å². The van der Waals surface area contributed by atoms with Gasteiger partial charge in [0.05, 0.1) is 16.3 Å². The molecule has 0 aliphatic carbocycles. The third-order valence-corrected chi connectivity index (χ3v) is 6.35. The van der Waals surface area contributed by atoms with Gasteiger partial charge in [0.15, 0.2) is 5.76 Å². The van der Waals surface area contributed by atoms with E-state index >= 15 is 0 Å². The average molecular weight is 369 g/mol. The van der Waals surface area contributed by atoms with E-state index in [9.17, 15) is 8.42 Å². The van der Waals surface area contributed by atoms with E-state index in [0.29, 0.717) is 21.3 Å². The summed E-state index contributed by atoms with van der Waals surface area (Å²) < 4.78 is 33.0. The fourth-order valence-corrected chi connectivity index (χ4v) is 4.52. The first-order chi connectivity index (χ1) is 10.8. The Labute approximate surface area is 142 Å². The van der Waals surface area contributed by atoms with Gasteiger partial charge in [-0.05, 0) is 43.7 Å². The molecular weight excluding hydrogens is 356 g/mol. The van der Waals surface area contributed by atoms with E-state index in [0.717, 1.165) is 22.6 Å². The molecule has 0 saturated carbocycles. The second-order valence-corrected chi connectivity index (χ2v) is 8.45. The standard InChI is InChI=1S/C15H13ClN2O3S2/c1-9-3-4-11(16)8-12(9)18-23(19,20)15-6-5-14(22-15)13-7-10(2)17-21-13/h3-8,18H,1-2H3. The first-order valence-corrected chi connectivity index (χ1v) is 9.35. The lowest BCUT2D eigenvalue weighted by Crippen LogP contribution is -2.12. The maximum absolute atomic E-state index is 12.5. The van der Waals surface area contributed by atoms with Gasteiger partial charge in [-0.25, -0.2) is 8.42 Å². The molecule has 0 saturated heterocycles. The zero-order chi connectivity index (χ0) is 16.6. The van der Waals surface area contributed by atoms with E-state index in [1.165, 1.54) is 0 Å². The average Bonchev–Trinajstić information content (AvgIpc) is 3.11. The predicted molar refractivity (Wildman–Crippen MR) is 91.6 cm³/mol. The molecule has 0 atom stereocenters. The highest BCUT2D eigenvalue weighted by Gasteiger charge is 2.19. The lowest BCUT2D eigenvalue weighted by atomic mass is 10.2. The van der Waals surface area contributed by atoms with Gasteiger partial charge in [0, 0.05) is 11.1 Å². The predicted octanol–water partition coefficient (Wildman–Crippen LogP) is 4.47. The Bertz CT molecular complexity index is 961. The highest BCUT2D eigenvalue weighted by atomic mass is 35.5. The monoisotopic (exact) mass is 368 g/mol. The summed E-state index contributed by atoms with van der Waals surface area (Å²) in [5.41, 5.74) is 1.99. The molecule has 0 fully saturated rings. The van der Waals surface area contributed by atoms with Crippen molar-refractivity contribution in [3.8, 4) is 10.6 Å². The number of sulfonamides is 1. The van der Waals surface area contributed by atoms with Crippen LogP contribution in [0.3, 0.4) is 0 Å². The van der Waals surface area contributed by atoms with Crippen LogP contribution in [0, 0.1) is 13.8 Å². The van der Waals surface area contributed by atoms with Gasteiger partial charge in [0.1, 0.15) is 4.21 Å². The van der Waals surface area contributed by atoms with Gasteiger partial charge in [-0.15, -0.1) is 11.3 Å². The Morgan fingerprint density at radius 2 is 1.96 bits per heavy atom. The Hall–Kier alpha value is -1.83.